The third-order valence-electron chi connectivity index (χ3n) is 3.31. The summed E-state index contributed by atoms with van der Waals surface area (Å²) in [6, 6.07) is 0.210. The molecular weight excluding hydrogens is 232 g/mol. The molecule has 0 aromatic carbocycles. The van der Waals surface area contributed by atoms with Gasteiger partial charge in [0.15, 0.2) is 0 Å². The van der Waals surface area contributed by atoms with E-state index in [1.54, 1.807) is 0 Å². The quantitative estimate of drug-likeness (QED) is 0.554. The van der Waals surface area contributed by atoms with Crippen LogP contribution in [-0.4, -0.2) is 9.59 Å². The number of hydrazine groups is 1. The van der Waals surface area contributed by atoms with Gasteiger partial charge in [0, 0.05) is 0 Å². The maximum absolute atomic E-state index is 5.69. The Kier molecular flexibility index (Phi) is 6.62. The Morgan fingerprint density at radius 2 is 2.00 bits per heavy atom. The summed E-state index contributed by atoms with van der Waals surface area (Å²) in [4.78, 5) is 1.22. The Morgan fingerprint density at radius 3 is 2.53 bits per heavy atom. The van der Waals surface area contributed by atoms with Crippen molar-refractivity contribution in [2.24, 2.45) is 11.8 Å². The highest BCUT2D eigenvalue weighted by Gasteiger charge is 2.20. The van der Waals surface area contributed by atoms with Crippen molar-refractivity contribution in [1.29, 1.82) is 0 Å². The zero-order chi connectivity index (χ0) is 12.7. The van der Waals surface area contributed by atoms with Crippen LogP contribution in [0.5, 0.6) is 0 Å². The van der Waals surface area contributed by atoms with E-state index < -0.39 is 0 Å². The Morgan fingerprint density at radius 1 is 1.29 bits per heavy atom. The smallest absolute Gasteiger partial charge is 0.0804 e. The number of hydrogen-bond acceptors (Lipinski definition) is 5. The molecule has 0 amide bonds. The molecule has 1 aromatic heterocycles. The Balaban J connectivity index is 2.74. The van der Waals surface area contributed by atoms with Gasteiger partial charge in [-0.1, -0.05) is 44.5 Å². The lowest BCUT2D eigenvalue weighted by Crippen LogP contribution is -2.29. The maximum atomic E-state index is 5.69. The summed E-state index contributed by atoms with van der Waals surface area (Å²) in [6.45, 7) is 6.63. The minimum Gasteiger partial charge on any atom is -0.271 e. The molecule has 0 aliphatic heterocycles. The number of aromatic nitrogens is 2. The molecule has 0 fully saturated rings. The zero-order valence-corrected chi connectivity index (χ0v) is 11.9. The largest absolute Gasteiger partial charge is 0.271 e. The van der Waals surface area contributed by atoms with Gasteiger partial charge in [-0.3, -0.25) is 11.3 Å². The van der Waals surface area contributed by atoms with E-state index in [9.17, 15) is 0 Å². The van der Waals surface area contributed by atoms with Crippen LogP contribution in [0.4, 0.5) is 0 Å². The highest BCUT2D eigenvalue weighted by molar-refractivity contribution is 7.05. The number of rotatable bonds is 8. The first kappa shape index (κ1) is 14.5. The van der Waals surface area contributed by atoms with Crippen LogP contribution in [-0.2, 0) is 6.42 Å². The summed E-state index contributed by atoms with van der Waals surface area (Å²) < 4.78 is 4.06. The van der Waals surface area contributed by atoms with Gasteiger partial charge in [-0.05, 0) is 30.3 Å². The molecule has 1 unspecified atom stereocenters. The van der Waals surface area contributed by atoms with E-state index in [4.69, 9.17) is 5.84 Å². The summed E-state index contributed by atoms with van der Waals surface area (Å²) >= 11 is 1.48. The molecule has 4 nitrogen and oxygen atoms in total. The van der Waals surface area contributed by atoms with E-state index >= 15 is 0 Å². The van der Waals surface area contributed by atoms with Crippen LogP contribution in [0.25, 0.3) is 0 Å². The molecule has 0 aliphatic rings. The molecule has 0 spiro atoms. The normalized spacial score (nSPS) is 13.2. The van der Waals surface area contributed by atoms with Gasteiger partial charge < -0.3 is 0 Å². The molecule has 0 bridgehead atoms. The molecule has 5 heteroatoms. The van der Waals surface area contributed by atoms with Gasteiger partial charge in [0.05, 0.1) is 16.6 Å². The molecule has 1 rings (SSSR count). The van der Waals surface area contributed by atoms with Crippen LogP contribution in [0, 0.1) is 5.92 Å². The number of nitrogens with zero attached hydrogens (tertiary/aromatic N) is 2. The third kappa shape index (κ3) is 4.01. The molecule has 0 radical (unpaired) electrons. The minimum atomic E-state index is 0.210. The number of nitrogens with one attached hydrogen (secondary N) is 1. The van der Waals surface area contributed by atoms with E-state index in [1.807, 2.05) is 0 Å². The standard InChI is InChI=1S/C12H24N4S/c1-4-7-10-12(17-16-15-10)11(14-13)8-9(5-2)6-3/h9,11,14H,4-8,13H2,1-3H3. The molecule has 1 heterocycles. The van der Waals surface area contributed by atoms with Gasteiger partial charge in [0.2, 0.25) is 0 Å². The second kappa shape index (κ2) is 7.74. The Labute approximate surface area is 108 Å². The lowest BCUT2D eigenvalue weighted by molar-refractivity contribution is 0.376. The molecule has 0 saturated heterocycles. The highest BCUT2D eigenvalue weighted by atomic mass is 32.1. The lowest BCUT2D eigenvalue weighted by Gasteiger charge is -2.20. The fourth-order valence-electron chi connectivity index (χ4n) is 2.10. The van der Waals surface area contributed by atoms with Crippen molar-refractivity contribution in [2.45, 2.75) is 58.9 Å². The first-order chi connectivity index (χ1) is 8.26. The second-order valence-corrected chi connectivity index (χ2v) is 5.26. The van der Waals surface area contributed by atoms with Crippen molar-refractivity contribution < 1.29 is 0 Å². The van der Waals surface area contributed by atoms with Crippen molar-refractivity contribution in [1.82, 2.24) is 15.0 Å². The van der Waals surface area contributed by atoms with Crippen molar-refractivity contribution in [3.05, 3.63) is 10.6 Å². The fourth-order valence-corrected chi connectivity index (χ4v) is 2.86. The minimum absolute atomic E-state index is 0.210. The summed E-state index contributed by atoms with van der Waals surface area (Å²) in [6.07, 6.45) is 5.56. The average Bonchev–Trinajstić information content (AvgIpc) is 2.80. The van der Waals surface area contributed by atoms with Crippen molar-refractivity contribution in [3.8, 4) is 0 Å². The van der Waals surface area contributed by atoms with Crippen molar-refractivity contribution in [2.75, 3.05) is 0 Å². The van der Waals surface area contributed by atoms with Gasteiger partial charge in [-0.2, -0.15) is 0 Å². The van der Waals surface area contributed by atoms with Crippen LogP contribution in [0.1, 0.15) is 63.1 Å². The predicted molar refractivity (Wildman–Crippen MR) is 72.7 cm³/mol. The van der Waals surface area contributed by atoms with Gasteiger partial charge in [-0.15, -0.1) is 5.10 Å². The van der Waals surface area contributed by atoms with E-state index in [-0.39, 0.29) is 6.04 Å². The van der Waals surface area contributed by atoms with Gasteiger partial charge >= 0.3 is 0 Å². The second-order valence-electron chi connectivity index (χ2n) is 4.47. The zero-order valence-electron chi connectivity index (χ0n) is 11.1. The molecule has 98 valence electrons. The molecule has 1 aromatic rings. The van der Waals surface area contributed by atoms with E-state index in [1.165, 1.54) is 29.3 Å². The summed E-state index contributed by atoms with van der Waals surface area (Å²) in [5, 5.41) is 4.21. The lowest BCUT2D eigenvalue weighted by atomic mass is 9.93. The molecular formula is C12H24N4S. The Hall–Kier alpha value is -0.520. The van der Waals surface area contributed by atoms with Gasteiger partial charge in [0.25, 0.3) is 0 Å². The number of aryl methyl sites for hydroxylation is 1. The van der Waals surface area contributed by atoms with Crippen LogP contribution >= 0.6 is 11.5 Å². The number of hydrogen-bond donors (Lipinski definition) is 2. The molecule has 0 aliphatic carbocycles. The van der Waals surface area contributed by atoms with Gasteiger partial charge in [-0.25, -0.2) is 0 Å². The van der Waals surface area contributed by atoms with Crippen molar-refractivity contribution in [3.63, 3.8) is 0 Å². The van der Waals surface area contributed by atoms with E-state index in [0.29, 0.717) is 5.92 Å². The van der Waals surface area contributed by atoms with Crippen molar-refractivity contribution >= 4 is 11.5 Å². The highest BCUT2D eigenvalue weighted by Crippen LogP contribution is 2.28. The molecule has 3 N–H and O–H groups in total. The average molecular weight is 256 g/mol. The van der Waals surface area contributed by atoms with Crippen LogP contribution in [0.15, 0.2) is 0 Å². The topological polar surface area (TPSA) is 63.8 Å². The van der Waals surface area contributed by atoms with Crippen LogP contribution in [0.3, 0.4) is 0 Å². The monoisotopic (exact) mass is 256 g/mol. The summed E-state index contributed by atoms with van der Waals surface area (Å²) in [5.41, 5.74) is 4.05. The fraction of sp³-hybridized carbons (Fsp3) is 0.833. The summed E-state index contributed by atoms with van der Waals surface area (Å²) in [5.74, 6) is 6.40. The SMILES string of the molecule is CCCc1nnsc1C(CC(CC)CC)NN. The Bertz CT molecular complexity index is 309. The van der Waals surface area contributed by atoms with E-state index in [0.717, 1.165) is 25.0 Å². The van der Waals surface area contributed by atoms with Crippen LogP contribution in [0.2, 0.25) is 0 Å². The van der Waals surface area contributed by atoms with Crippen LogP contribution < -0.4 is 11.3 Å². The first-order valence-electron chi connectivity index (χ1n) is 6.53. The predicted octanol–water partition coefficient (Wildman–Crippen LogP) is 2.82. The third-order valence-corrected chi connectivity index (χ3v) is 4.19. The molecule has 1 atom stereocenters. The maximum Gasteiger partial charge on any atom is 0.0804 e. The summed E-state index contributed by atoms with van der Waals surface area (Å²) in [7, 11) is 0. The van der Waals surface area contributed by atoms with Gasteiger partial charge in [0.1, 0.15) is 0 Å². The number of nitrogens with two attached hydrogens (primary N) is 1. The first-order valence-corrected chi connectivity index (χ1v) is 7.31. The molecule has 17 heavy (non-hydrogen) atoms. The molecule has 0 saturated carbocycles. The van der Waals surface area contributed by atoms with E-state index in [2.05, 4.69) is 35.8 Å².